The Bertz CT molecular complexity index is 912. The zero-order valence-electron chi connectivity index (χ0n) is 16.7. The highest BCUT2D eigenvalue weighted by Crippen LogP contribution is 2.39. The summed E-state index contributed by atoms with van der Waals surface area (Å²) in [5, 5.41) is 6.12. The van der Waals surface area contributed by atoms with Gasteiger partial charge in [0.15, 0.2) is 0 Å². The van der Waals surface area contributed by atoms with Crippen LogP contribution in [0.4, 0.5) is 5.69 Å². The Hall–Kier alpha value is -2.70. The zero-order chi connectivity index (χ0) is 20.2. The number of hydrogen-bond acceptors (Lipinski definition) is 4. The van der Waals surface area contributed by atoms with Crippen molar-refractivity contribution in [3.63, 3.8) is 0 Å². The topological polar surface area (TPSA) is 70.7 Å². The summed E-state index contributed by atoms with van der Waals surface area (Å²) in [7, 11) is 1.66. The molecule has 1 aliphatic heterocycles. The Morgan fingerprint density at radius 1 is 1.10 bits per heavy atom. The molecule has 2 amide bonds. The summed E-state index contributed by atoms with van der Waals surface area (Å²) in [6.45, 7) is 3.07. The van der Waals surface area contributed by atoms with Crippen molar-refractivity contribution in [2.45, 2.75) is 12.8 Å². The van der Waals surface area contributed by atoms with Gasteiger partial charge in [-0.1, -0.05) is 30.3 Å². The average molecular weight is 393 g/mol. The minimum absolute atomic E-state index is 0.0128. The Morgan fingerprint density at radius 2 is 1.93 bits per heavy atom. The van der Waals surface area contributed by atoms with Gasteiger partial charge >= 0.3 is 0 Å². The largest absolute Gasteiger partial charge is 0.383 e. The van der Waals surface area contributed by atoms with Crippen LogP contribution in [0, 0.1) is 5.92 Å². The second-order valence-corrected chi connectivity index (χ2v) is 7.61. The van der Waals surface area contributed by atoms with E-state index in [1.54, 1.807) is 12.0 Å². The first-order chi connectivity index (χ1) is 14.2. The van der Waals surface area contributed by atoms with Crippen LogP contribution in [0.15, 0.2) is 42.5 Å². The molecule has 1 saturated heterocycles. The van der Waals surface area contributed by atoms with Crippen molar-refractivity contribution < 1.29 is 14.3 Å². The van der Waals surface area contributed by atoms with Gasteiger partial charge in [0.25, 0.3) is 0 Å². The lowest BCUT2D eigenvalue weighted by molar-refractivity contribution is -0.126. The van der Waals surface area contributed by atoms with Crippen molar-refractivity contribution in [3.8, 4) is 11.1 Å². The van der Waals surface area contributed by atoms with E-state index in [0.717, 1.165) is 18.7 Å². The van der Waals surface area contributed by atoms with Gasteiger partial charge in [-0.15, -0.1) is 0 Å². The Labute approximate surface area is 171 Å². The number of anilines is 1. The van der Waals surface area contributed by atoms with Crippen LogP contribution >= 0.6 is 0 Å². The fraction of sp³-hybridized carbons (Fsp3) is 0.391. The molecule has 1 heterocycles. The van der Waals surface area contributed by atoms with Crippen LogP contribution in [0.5, 0.6) is 0 Å². The van der Waals surface area contributed by atoms with Crippen LogP contribution in [0.1, 0.15) is 17.5 Å². The molecule has 6 heteroatoms. The molecule has 152 valence electrons. The zero-order valence-corrected chi connectivity index (χ0v) is 16.7. The molecule has 6 nitrogen and oxygen atoms in total. The monoisotopic (exact) mass is 393 g/mol. The highest BCUT2D eigenvalue weighted by molar-refractivity contribution is 6.00. The standard InChI is InChI=1S/C23H27N3O3/c1-29-11-10-24-8-9-25-23(28)18-14-22(27)26(15-18)19-6-7-21-17(13-19)12-16-4-2-3-5-20(16)21/h2-7,13,18,24H,8-12,14-15H2,1H3,(H,25,28). The number of amides is 2. The van der Waals surface area contributed by atoms with Crippen LogP contribution in [-0.2, 0) is 20.7 Å². The fourth-order valence-corrected chi connectivity index (χ4v) is 4.15. The second kappa shape index (κ2) is 8.76. The van der Waals surface area contributed by atoms with Crippen LogP contribution in [-0.4, -0.2) is 51.7 Å². The first-order valence-corrected chi connectivity index (χ1v) is 10.2. The summed E-state index contributed by atoms with van der Waals surface area (Å²) in [6.07, 6.45) is 1.15. The third-order valence-electron chi connectivity index (χ3n) is 5.67. The minimum Gasteiger partial charge on any atom is -0.383 e. The summed E-state index contributed by atoms with van der Waals surface area (Å²) in [6, 6.07) is 14.6. The molecule has 1 aliphatic carbocycles. The molecule has 0 saturated carbocycles. The van der Waals surface area contributed by atoms with E-state index in [0.29, 0.717) is 26.2 Å². The number of fused-ring (bicyclic) bond motifs is 3. The van der Waals surface area contributed by atoms with Crippen molar-refractivity contribution in [1.29, 1.82) is 0 Å². The van der Waals surface area contributed by atoms with E-state index in [-0.39, 0.29) is 24.2 Å². The summed E-state index contributed by atoms with van der Waals surface area (Å²) in [4.78, 5) is 26.8. The Kier molecular flexibility index (Phi) is 5.92. The minimum atomic E-state index is -0.299. The SMILES string of the molecule is COCCNCCNC(=O)C1CC(=O)N(c2ccc3c(c2)Cc2ccccc2-3)C1. The van der Waals surface area contributed by atoms with Gasteiger partial charge in [0.1, 0.15) is 0 Å². The first-order valence-electron chi connectivity index (χ1n) is 10.2. The smallest absolute Gasteiger partial charge is 0.227 e. The number of rotatable bonds is 8. The number of benzene rings is 2. The first kappa shape index (κ1) is 19.6. The summed E-state index contributed by atoms with van der Waals surface area (Å²) in [5.74, 6) is -0.339. The van der Waals surface area contributed by atoms with E-state index >= 15 is 0 Å². The number of ether oxygens (including phenoxy) is 1. The van der Waals surface area contributed by atoms with Crippen LogP contribution in [0.25, 0.3) is 11.1 Å². The molecule has 2 aromatic carbocycles. The van der Waals surface area contributed by atoms with Gasteiger partial charge in [-0.25, -0.2) is 0 Å². The number of carbonyl (C=O) groups is 2. The molecule has 2 aromatic rings. The number of hydrogen-bond donors (Lipinski definition) is 2. The Balaban J connectivity index is 1.35. The lowest BCUT2D eigenvalue weighted by Crippen LogP contribution is -2.37. The molecule has 0 radical (unpaired) electrons. The molecule has 2 aliphatic rings. The van der Waals surface area contributed by atoms with Gasteiger partial charge in [0, 0.05) is 45.4 Å². The van der Waals surface area contributed by atoms with Crippen molar-refractivity contribution in [3.05, 3.63) is 53.6 Å². The molecular formula is C23H27N3O3. The van der Waals surface area contributed by atoms with E-state index in [2.05, 4.69) is 47.0 Å². The van der Waals surface area contributed by atoms with E-state index in [4.69, 9.17) is 4.74 Å². The van der Waals surface area contributed by atoms with Crippen LogP contribution in [0.2, 0.25) is 0 Å². The number of nitrogens with zero attached hydrogens (tertiary/aromatic N) is 1. The van der Waals surface area contributed by atoms with Crippen LogP contribution in [0.3, 0.4) is 0 Å². The molecule has 4 rings (SSSR count). The molecular weight excluding hydrogens is 366 g/mol. The highest BCUT2D eigenvalue weighted by Gasteiger charge is 2.35. The van der Waals surface area contributed by atoms with Gasteiger partial charge < -0.3 is 20.3 Å². The molecule has 1 unspecified atom stereocenters. The number of carbonyl (C=O) groups excluding carboxylic acids is 2. The van der Waals surface area contributed by atoms with Gasteiger partial charge in [-0.2, -0.15) is 0 Å². The normalized spacial score (nSPS) is 17.3. The predicted molar refractivity (Wildman–Crippen MR) is 113 cm³/mol. The van der Waals surface area contributed by atoms with Crippen molar-refractivity contribution >= 4 is 17.5 Å². The third kappa shape index (κ3) is 4.18. The van der Waals surface area contributed by atoms with Gasteiger partial charge in [0.2, 0.25) is 11.8 Å². The maximum absolute atomic E-state index is 12.6. The second-order valence-electron chi connectivity index (χ2n) is 7.61. The van der Waals surface area contributed by atoms with Crippen molar-refractivity contribution in [1.82, 2.24) is 10.6 Å². The lowest BCUT2D eigenvalue weighted by Gasteiger charge is -2.18. The number of methoxy groups -OCH3 is 1. The predicted octanol–water partition coefficient (Wildman–Crippen LogP) is 1.96. The van der Waals surface area contributed by atoms with Gasteiger partial charge in [-0.3, -0.25) is 9.59 Å². The fourth-order valence-electron chi connectivity index (χ4n) is 4.15. The molecule has 0 bridgehead atoms. The molecule has 0 aromatic heterocycles. The van der Waals surface area contributed by atoms with Crippen LogP contribution < -0.4 is 15.5 Å². The highest BCUT2D eigenvalue weighted by atomic mass is 16.5. The van der Waals surface area contributed by atoms with Gasteiger partial charge in [-0.05, 0) is 40.8 Å². The van der Waals surface area contributed by atoms with E-state index in [1.807, 2.05) is 6.07 Å². The quantitative estimate of drug-likeness (QED) is 0.574. The maximum Gasteiger partial charge on any atom is 0.227 e. The molecule has 29 heavy (non-hydrogen) atoms. The third-order valence-corrected chi connectivity index (χ3v) is 5.67. The van der Waals surface area contributed by atoms with E-state index < -0.39 is 0 Å². The van der Waals surface area contributed by atoms with E-state index in [1.165, 1.54) is 22.3 Å². The number of nitrogens with one attached hydrogen (secondary N) is 2. The summed E-state index contributed by atoms with van der Waals surface area (Å²) in [5.41, 5.74) is 5.97. The van der Waals surface area contributed by atoms with Gasteiger partial charge in [0.05, 0.1) is 12.5 Å². The Morgan fingerprint density at radius 3 is 2.79 bits per heavy atom. The van der Waals surface area contributed by atoms with Crippen molar-refractivity contribution in [2.24, 2.45) is 5.92 Å². The molecule has 1 fully saturated rings. The molecule has 0 spiro atoms. The summed E-state index contributed by atoms with van der Waals surface area (Å²) >= 11 is 0. The average Bonchev–Trinajstić information content (AvgIpc) is 3.30. The molecule has 2 N–H and O–H groups in total. The summed E-state index contributed by atoms with van der Waals surface area (Å²) < 4.78 is 4.97. The molecule has 1 atom stereocenters. The maximum atomic E-state index is 12.6. The lowest BCUT2D eigenvalue weighted by atomic mass is 10.1. The van der Waals surface area contributed by atoms with Crippen molar-refractivity contribution in [2.75, 3.05) is 44.8 Å². The van der Waals surface area contributed by atoms with E-state index in [9.17, 15) is 9.59 Å².